The summed E-state index contributed by atoms with van der Waals surface area (Å²) in [6.07, 6.45) is 0. The van der Waals surface area contributed by atoms with Crippen LogP contribution in [0.15, 0.2) is 48.5 Å². The van der Waals surface area contributed by atoms with Gasteiger partial charge in [-0.3, -0.25) is 20.2 Å². The summed E-state index contributed by atoms with van der Waals surface area (Å²) in [6.45, 7) is 4.56. The standard InChI is InChI=1S/C12H8N2O4.C4H10N2/c15-13(16)11-5-1-9(2-6-11)10-3-7-12(8-4-10)14(17)18;1-2-6-4-3-5-1/h1-8H;5-6H,1-4H2. The third kappa shape index (κ3) is 5.11. The maximum Gasteiger partial charge on any atom is 0.269 e. The number of hydrogen-bond acceptors (Lipinski definition) is 6. The Balaban J connectivity index is 0.000000292. The van der Waals surface area contributed by atoms with E-state index in [0.717, 1.165) is 37.3 Å². The first-order valence-corrected chi connectivity index (χ1v) is 7.48. The molecule has 0 bridgehead atoms. The highest BCUT2D eigenvalue weighted by Gasteiger charge is 2.07. The SMILES string of the molecule is C1CNCCN1.O=[N+]([O-])c1ccc(-c2ccc([N+](=O)[O-])cc2)cc1. The molecule has 8 heteroatoms. The molecule has 8 nitrogen and oxygen atoms in total. The Morgan fingerprint density at radius 2 is 0.917 bits per heavy atom. The van der Waals surface area contributed by atoms with E-state index in [1.165, 1.54) is 24.3 Å². The van der Waals surface area contributed by atoms with Gasteiger partial charge in [0.1, 0.15) is 0 Å². The fraction of sp³-hybridized carbons (Fsp3) is 0.250. The molecule has 2 aromatic carbocycles. The third-order valence-electron chi connectivity index (χ3n) is 3.45. The second kappa shape index (κ2) is 8.70. The van der Waals surface area contributed by atoms with Crippen molar-refractivity contribution in [2.24, 2.45) is 0 Å². The Morgan fingerprint density at radius 1 is 0.625 bits per heavy atom. The Labute approximate surface area is 138 Å². The average molecular weight is 330 g/mol. The van der Waals surface area contributed by atoms with Gasteiger partial charge in [-0.15, -0.1) is 0 Å². The molecule has 0 unspecified atom stereocenters. The lowest BCUT2D eigenvalue weighted by Crippen LogP contribution is -2.39. The predicted octanol–water partition coefficient (Wildman–Crippen LogP) is 2.35. The van der Waals surface area contributed by atoms with E-state index in [9.17, 15) is 20.2 Å². The lowest BCUT2D eigenvalue weighted by atomic mass is 10.1. The topological polar surface area (TPSA) is 110 Å². The third-order valence-corrected chi connectivity index (χ3v) is 3.45. The van der Waals surface area contributed by atoms with Gasteiger partial charge in [0.25, 0.3) is 11.4 Å². The lowest BCUT2D eigenvalue weighted by molar-refractivity contribution is -0.385. The summed E-state index contributed by atoms with van der Waals surface area (Å²) in [7, 11) is 0. The molecule has 0 saturated carbocycles. The van der Waals surface area contributed by atoms with Crippen LogP contribution in [0.2, 0.25) is 0 Å². The smallest absolute Gasteiger partial charge is 0.269 e. The van der Waals surface area contributed by atoms with Crippen molar-refractivity contribution in [2.45, 2.75) is 0 Å². The summed E-state index contributed by atoms with van der Waals surface area (Å²) in [5.74, 6) is 0. The first kappa shape index (κ1) is 17.5. The van der Waals surface area contributed by atoms with Gasteiger partial charge >= 0.3 is 0 Å². The maximum absolute atomic E-state index is 10.5. The fourth-order valence-corrected chi connectivity index (χ4v) is 2.15. The van der Waals surface area contributed by atoms with Gasteiger partial charge in [0.05, 0.1) is 9.85 Å². The summed E-state index contributed by atoms with van der Waals surface area (Å²) in [6, 6.07) is 12.0. The molecular formula is C16H18N4O4. The molecule has 24 heavy (non-hydrogen) atoms. The van der Waals surface area contributed by atoms with Crippen LogP contribution in [0.5, 0.6) is 0 Å². The van der Waals surface area contributed by atoms with Crippen LogP contribution in [-0.2, 0) is 0 Å². The van der Waals surface area contributed by atoms with E-state index in [1.807, 2.05) is 0 Å². The highest BCUT2D eigenvalue weighted by molar-refractivity contribution is 5.65. The number of nitrogens with zero attached hydrogens (tertiary/aromatic N) is 2. The lowest BCUT2D eigenvalue weighted by Gasteiger charge is -2.11. The summed E-state index contributed by atoms with van der Waals surface area (Å²) in [4.78, 5) is 20.1. The Kier molecular flexibility index (Phi) is 6.35. The zero-order chi connectivity index (χ0) is 17.4. The normalized spacial score (nSPS) is 13.5. The van der Waals surface area contributed by atoms with Crippen LogP contribution in [0.3, 0.4) is 0 Å². The average Bonchev–Trinajstić information content (AvgIpc) is 2.64. The zero-order valence-electron chi connectivity index (χ0n) is 13.0. The van der Waals surface area contributed by atoms with E-state index >= 15 is 0 Å². The van der Waals surface area contributed by atoms with Crippen molar-refractivity contribution in [3.05, 3.63) is 68.8 Å². The summed E-state index contributed by atoms with van der Waals surface area (Å²) in [5.41, 5.74) is 1.58. The number of nitro benzene ring substituents is 2. The molecule has 1 saturated heterocycles. The Hall–Kier alpha value is -2.84. The van der Waals surface area contributed by atoms with Crippen LogP contribution in [0, 0.1) is 20.2 Å². The van der Waals surface area contributed by atoms with E-state index in [1.54, 1.807) is 24.3 Å². The molecule has 1 aliphatic heterocycles. The van der Waals surface area contributed by atoms with Gasteiger partial charge in [0.15, 0.2) is 0 Å². The second-order valence-corrected chi connectivity index (χ2v) is 5.11. The monoisotopic (exact) mass is 330 g/mol. The molecule has 0 aliphatic carbocycles. The molecule has 2 aromatic rings. The van der Waals surface area contributed by atoms with Crippen molar-refractivity contribution in [3.8, 4) is 11.1 Å². The largest absolute Gasteiger partial charge is 0.314 e. The number of nitro groups is 2. The van der Waals surface area contributed by atoms with Crippen molar-refractivity contribution < 1.29 is 9.85 Å². The predicted molar refractivity (Wildman–Crippen MR) is 90.9 cm³/mol. The zero-order valence-corrected chi connectivity index (χ0v) is 13.0. The van der Waals surface area contributed by atoms with Gasteiger partial charge in [-0.25, -0.2) is 0 Å². The first-order valence-electron chi connectivity index (χ1n) is 7.48. The van der Waals surface area contributed by atoms with Gasteiger partial charge in [-0.05, 0) is 35.4 Å². The van der Waals surface area contributed by atoms with E-state index < -0.39 is 9.85 Å². The molecule has 0 amide bonds. The molecule has 0 radical (unpaired) electrons. The van der Waals surface area contributed by atoms with Crippen LogP contribution >= 0.6 is 0 Å². The van der Waals surface area contributed by atoms with Crippen molar-refractivity contribution in [1.82, 2.24) is 10.6 Å². The van der Waals surface area contributed by atoms with Crippen molar-refractivity contribution in [1.29, 1.82) is 0 Å². The molecular weight excluding hydrogens is 312 g/mol. The van der Waals surface area contributed by atoms with Gasteiger partial charge < -0.3 is 10.6 Å². The molecule has 1 aliphatic rings. The van der Waals surface area contributed by atoms with Crippen LogP contribution in [0.1, 0.15) is 0 Å². The molecule has 0 spiro atoms. The van der Waals surface area contributed by atoms with Crippen molar-refractivity contribution >= 4 is 11.4 Å². The number of rotatable bonds is 3. The number of nitrogens with one attached hydrogen (secondary N) is 2. The molecule has 3 rings (SSSR count). The van der Waals surface area contributed by atoms with Gasteiger partial charge in [0.2, 0.25) is 0 Å². The van der Waals surface area contributed by atoms with Crippen LogP contribution in [0.25, 0.3) is 11.1 Å². The molecule has 0 aromatic heterocycles. The molecule has 1 fully saturated rings. The number of hydrogen-bond donors (Lipinski definition) is 2. The van der Waals surface area contributed by atoms with E-state index in [2.05, 4.69) is 10.6 Å². The van der Waals surface area contributed by atoms with E-state index in [0.29, 0.717) is 0 Å². The quantitative estimate of drug-likeness (QED) is 0.660. The molecule has 126 valence electrons. The van der Waals surface area contributed by atoms with E-state index in [-0.39, 0.29) is 11.4 Å². The number of benzene rings is 2. The highest BCUT2D eigenvalue weighted by atomic mass is 16.6. The fourth-order valence-electron chi connectivity index (χ4n) is 2.15. The van der Waals surface area contributed by atoms with Gasteiger partial charge in [0, 0.05) is 50.4 Å². The Bertz CT molecular complexity index is 615. The second-order valence-electron chi connectivity index (χ2n) is 5.11. The summed E-state index contributed by atoms with van der Waals surface area (Å²) in [5, 5.41) is 27.4. The summed E-state index contributed by atoms with van der Waals surface area (Å²) >= 11 is 0. The number of non-ortho nitro benzene ring substituents is 2. The van der Waals surface area contributed by atoms with Crippen LogP contribution in [-0.4, -0.2) is 36.0 Å². The minimum Gasteiger partial charge on any atom is -0.314 e. The summed E-state index contributed by atoms with van der Waals surface area (Å²) < 4.78 is 0. The Morgan fingerprint density at radius 3 is 1.12 bits per heavy atom. The van der Waals surface area contributed by atoms with Crippen molar-refractivity contribution in [3.63, 3.8) is 0 Å². The minimum absolute atomic E-state index is 0.0145. The highest BCUT2D eigenvalue weighted by Crippen LogP contribution is 2.24. The molecule has 1 heterocycles. The van der Waals surface area contributed by atoms with Gasteiger partial charge in [-0.2, -0.15) is 0 Å². The van der Waals surface area contributed by atoms with E-state index in [4.69, 9.17) is 0 Å². The minimum atomic E-state index is -0.473. The maximum atomic E-state index is 10.5. The van der Waals surface area contributed by atoms with Crippen LogP contribution in [0.4, 0.5) is 11.4 Å². The van der Waals surface area contributed by atoms with Gasteiger partial charge in [-0.1, -0.05) is 0 Å². The molecule has 0 atom stereocenters. The number of piperazine rings is 1. The molecule has 2 N–H and O–H groups in total. The van der Waals surface area contributed by atoms with Crippen molar-refractivity contribution in [2.75, 3.05) is 26.2 Å². The first-order chi connectivity index (χ1) is 11.6. The van der Waals surface area contributed by atoms with Crippen LogP contribution < -0.4 is 10.6 Å².